The molecule has 1 saturated heterocycles. The molecule has 1 aliphatic heterocycles. The molecular weight excluding hydrogens is 452 g/mol. The average molecular weight is 481 g/mol. The van der Waals surface area contributed by atoms with Gasteiger partial charge in [0.1, 0.15) is 18.3 Å². The molecule has 33 heavy (non-hydrogen) atoms. The van der Waals surface area contributed by atoms with Gasteiger partial charge in [-0.2, -0.15) is 8.42 Å². The molecule has 1 aliphatic rings. The van der Waals surface area contributed by atoms with Crippen LogP contribution in [0, 0.1) is 0 Å². The Kier molecular flexibility index (Phi) is 8.57. The van der Waals surface area contributed by atoms with Crippen LogP contribution in [0.2, 0.25) is 0 Å². The maximum absolute atomic E-state index is 11.7. The second kappa shape index (κ2) is 11.2. The van der Waals surface area contributed by atoms with Crippen LogP contribution in [0.3, 0.4) is 0 Å². The van der Waals surface area contributed by atoms with E-state index in [1.807, 2.05) is 60.7 Å². The molecule has 1 fully saturated rings. The fraction of sp³-hybridized carbons (Fsp3) is 0.435. The molecule has 0 aromatic heterocycles. The number of rotatable bonds is 11. The average Bonchev–Trinajstić information content (AvgIpc) is 3.02. The number of esters is 1. The minimum atomic E-state index is -3.86. The second-order valence-corrected chi connectivity index (χ2v) is 9.45. The fourth-order valence-electron chi connectivity index (χ4n) is 3.54. The first-order valence-corrected chi connectivity index (χ1v) is 12.1. The molecule has 0 unspecified atom stereocenters. The van der Waals surface area contributed by atoms with Crippen LogP contribution in [-0.2, 0) is 51.3 Å². The molecular formula is C23H28O9S. The summed E-state index contributed by atoms with van der Waals surface area (Å²) in [5.41, 5.74) is 0.142. The molecule has 0 aliphatic carbocycles. The van der Waals surface area contributed by atoms with Crippen LogP contribution in [0.1, 0.15) is 18.1 Å². The van der Waals surface area contributed by atoms with Crippen molar-refractivity contribution in [2.75, 3.05) is 19.5 Å². The number of hydrogen-bond acceptors (Lipinski definition) is 9. The summed E-state index contributed by atoms with van der Waals surface area (Å²) in [6, 6.07) is 18.6. The van der Waals surface area contributed by atoms with E-state index in [2.05, 4.69) is 0 Å². The Morgan fingerprint density at radius 1 is 1.00 bits per heavy atom. The number of carbonyl (C=O) groups excluding carboxylic acids is 1. The van der Waals surface area contributed by atoms with Crippen LogP contribution in [0.4, 0.5) is 0 Å². The third kappa shape index (κ3) is 7.32. The number of ether oxygens (including phenoxy) is 4. The normalized spacial score (nSPS) is 25.1. The van der Waals surface area contributed by atoms with E-state index in [0.717, 1.165) is 17.4 Å². The molecule has 0 spiro atoms. The topological polar surface area (TPSA) is 118 Å². The van der Waals surface area contributed by atoms with E-state index in [9.17, 15) is 18.3 Å². The Hall–Kier alpha value is -2.34. The summed E-state index contributed by atoms with van der Waals surface area (Å²) >= 11 is 0. The fourth-order valence-corrected chi connectivity index (χ4v) is 3.95. The van der Waals surface area contributed by atoms with Gasteiger partial charge in [0.05, 0.1) is 26.1 Å². The summed E-state index contributed by atoms with van der Waals surface area (Å²) < 4.78 is 51.4. The summed E-state index contributed by atoms with van der Waals surface area (Å²) in [4.78, 5) is 11.7. The predicted octanol–water partition coefficient (Wildman–Crippen LogP) is 1.78. The monoisotopic (exact) mass is 480 g/mol. The number of aliphatic hydroxyl groups is 1. The molecule has 180 valence electrons. The maximum Gasteiger partial charge on any atom is 0.303 e. The van der Waals surface area contributed by atoms with Gasteiger partial charge in [-0.05, 0) is 11.1 Å². The largest absolute Gasteiger partial charge is 0.454 e. The minimum absolute atomic E-state index is 0.0959. The molecule has 0 radical (unpaired) electrons. The van der Waals surface area contributed by atoms with Crippen molar-refractivity contribution < 1.29 is 41.4 Å². The Bertz CT molecular complexity index is 997. The summed E-state index contributed by atoms with van der Waals surface area (Å²) in [6.07, 6.45) is -2.96. The van der Waals surface area contributed by atoms with Crippen LogP contribution in [0.5, 0.6) is 0 Å². The van der Waals surface area contributed by atoms with Gasteiger partial charge in [0.25, 0.3) is 10.1 Å². The predicted molar refractivity (Wildman–Crippen MR) is 117 cm³/mol. The highest BCUT2D eigenvalue weighted by Crippen LogP contribution is 2.36. The summed E-state index contributed by atoms with van der Waals surface area (Å²) in [5, 5.41) is 10.5. The Morgan fingerprint density at radius 2 is 1.58 bits per heavy atom. The summed E-state index contributed by atoms with van der Waals surface area (Å²) in [7, 11) is -3.86. The molecule has 0 saturated carbocycles. The van der Waals surface area contributed by atoms with Crippen LogP contribution >= 0.6 is 0 Å². The van der Waals surface area contributed by atoms with Crippen LogP contribution in [-0.4, -0.2) is 63.1 Å². The van der Waals surface area contributed by atoms with E-state index in [0.29, 0.717) is 0 Å². The van der Waals surface area contributed by atoms with E-state index in [-0.39, 0.29) is 19.8 Å². The van der Waals surface area contributed by atoms with Crippen molar-refractivity contribution in [3.63, 3.8) is 0 Å². The molecule has 10 heteroatoms. The van der Waals surface area contributed by atoms with Gasteiger partial charge in [0.2, 0.25) is 0 Å². The molecule has 0 bridgehead atoms. The second-order valence-electron chi connectivity index (χ2n) is 7.81. The highest BCUT2D eigenvalue weighted by atomic mass is 32.2. The molecule has 2 aromatic rings. The molecule has 1 N–H and O–H groups in total. The third-order valence-corrected chi connectivity index (χ3v) is 5.55. The van der Waals surface area contributed by atoms with E-state index in [1.165, 1.54) is 6.92 Å². The third-order valence-electron chi connectivity index (χ3n) is 5.00. The van der Waals surface area contributed by atoms with Crippen LogP contribution in [0.25, 0.3) is 0 Å². The SMILES string of the molecule is CC(=O)O[C@H]1[C@H](O)O[C@@](COCc2ccccc2)(COS(C)(=O)=O)[C@H]1OCc1ccccc1. The minimum Gasteiger partial charge on any atom is -0.454 e. The Balaban J connectivity index is 1.85. The quantitative estimate of drug-likeness (QED) is 0.379. The van der Waals surface area contributed by atoms with Crippen LogP contribution < -0.4 is 0 Å². The van der Waals surface area contributed by atoms with Crippen LogP contribution in [0.15, 0.2) is 60.7 Å². The zero-order valence-corrected chi connectivity index (χ0v) is 19.3. The van der Waals surface area contributed by atoms with E-state index in [4.69, 9.17) is 23.1 Å². The van der Waals surface area contributed by atoms with Crippen molar-refractivity contribution >= 4 is 16.1 Å². The zero-order valence-electron chi connectivity index (χ0n) is 18.5. The van der Waals surface area contributed by atoms with Crippen molar-refractivity contribution in [2.24, 2.45) is 0 Å². The zero-order chi connectivity index (χ0) is 23.9. The molecule has 0 amide bonds. The van der Waals surface area contributed by atoms with Gasteiger partial charge < -0.3 is 24.1 Å². The first kappa shape index (κ1) is 25.3. The lowest BCUT2D eigenvalue weighted by atomic mass is 9.96. The molecule has 4 atom stereocenters. The van der Waals surface area contributed by atoms with Gasteiger partial charge in [0.15, 0.2) is 12.4 Å². The number of carbonyl (C=O) groups is 1. The Morgan fingerprint density at radius 3 is 2.12 bits per heavy atom. The first-order valence-electron chi connectivity index (χ1n) is 10.3. The molecule has 1 heterocycles. The highest BCUT2D eigenvalue weighted by Gasteiger charge is 2.58. The standard InChI is InChI=1S/C23H28O9S/c1-17(24)31-20-21(29-14-19-11-7-4-8-12-19)23(32-22(20)25,16-30-33(2,26)27)15-28-13-18-9-5-3-6-10-18/h3-12,20-22,25H,13-16H2,1-2H3/t20-,21+,22-,23+/m1/s1. The lowest BCUT2D eigenvalue weighted by Gasteiger charge is -2.34. The van der Waals surface area contributed by atoms with Crippen molar-refractivity contribution in [3.05, 3.63) is 71.8 Å². The molecule has 2 aromatic carbocycles. The van der Waals surface area contributed by atoms with Gasteiger partial charge in [-0.3, -0.25) is 8.98 Å². The van der Waals surface area contributed by atoms with Crippen molar-refractivity contribution in [1.82, 2.24) is 0 Å². The summed E-state index contributed by atoms with van der Waals surface area (Å²) in [6.45, 7) is 0.795. The van der Waals surface area contributed by atoms with Gasteiger partial charge in [-0.1, -0.05) is 60.7 Å². The van der Waals surface area contributed by atoms with E-state index >= 15 is 0 Å². The van der Waals surface area contributed by atoms with Crippen molar-refractivity contribution in [1.29, 1.82) is 0 Å². The molecule has 9 nitrogen and oxygen atoms in total. The van der Waals surface area contributed by atoms with E-state index in [1.54, 1.807) is 0 Å². The lowest BCUT2D eigenvalue weighted by Crippen LogP contribution is -2.53. The van der Waals surface area contributed by atoms with Gasteiger partial charge in [-0.25, -0.2) is 0 Å². The van der Waals surface area contributed by atoms with Crippen molar-refractivity contribution in [2.45, 2.75) is 44.2 Å². The van der Waals surface area contributed by atoms with Crippen molar-refractivity contribution in [3.8, 4) is 0 Å². The van der Waals surface area contributed by atoms with Gasteiger partial charge in [0, 0.05) is 6.92 Å². The molecule has 3 rings (SSSR count). The Labute approximate surface area is 193 Å². The van der Waals surface area contributed by atoms with E-state index < -0.39 is 46.8 Å². The highest BCUT2D eigenvalue weighted by molar-refractivity contribution is 7.85. The summed E-state index contributed by atoms with van der Waals surface area (Å²) in [5.74, 6) is -0.652. The van der Waals surface area contributed by atoms with Gasteiger partial charge >= 0.3 is 5.97 Å². The smallest absolute Gasteiger partial charge is 0.303 e. The number of aliphatic hydroxyl groups excluding tert-OH is 1. The lowest BCUT2D eigenvalue weighted by molar-refractivity contribution is -0.198. The maximum atomic E-state index is 11.7. The van der Waals surface area contributed by atoms with Gasteiger partial charge in [-0.15, -0.1) is 0 Å². The number of hydrogen-bond donors (Lipinski definition) is 1. The number of benzene rings is 2. The first-order chi connectivity index (χ1) is 15.7.